The summed E-state index contributed by atoms with van der Waals surface area (Å²) in [5.74, 6) is -0.157. The number of amides is 1. The van der Waals surface area contributed by atoms with Crippen LogP contribution >= 0.6 is 0 Å². The highest BCUT2D eigenvalue weighted by Gasteiger charge is 2.46. The summed E-state index contributed by atoms with van der Waals surface area (Å²) in [6.07, 6.45) is 3.27. The van der Waals surface area contributed by atoms with E-state index in [0.717, 1.165) is 5.56 Å². The lowest BCUT2D eigenvalue weighted by molar-refractivity contribution is -0.140. The molecule has 1 unspecified atom stereocenters. The van der Waals surface area contributed by atoms with Gasteiger partial charge in [0.15, 0.2) is 11.5 Å². The van der Waals surface area contributed by atoms with E-state index in [-0.39, 0.29) is 24.0 Å². The number of benzene rings is 2. The Labute approximate surface area is 209 Å². The van der Waals surface area contributed by atoms with Gasteiger partial charge in [-0.1, -0.05) is 12.1 Å². The van der Waals surface area contributed by atoms with Crippen LogP contribution in [0.15, 0.2) is 72.6 Å². The van der Waals surface area contributed by atoms with Crippen LogP contribution in [0.5, 0.6) is 17.2 Å². The van der Waals surface area contributed by atoms with Crippen molar-refractivity contribution in [2.45, 2.75) is 32.5 Å². The first-order chi connectivity index (χ1) is 17.3. The molecule has 0 radical (unpaired) electrons. The molecule has 8 heteroatoms. The molecular formula is C28H28N2O6. The summed E-state index contributed by atoms with van der Waals surface area (Å²) in [6.45, 7) is 3.97. The Morgan fingerprint density at radius 3 is 2.36 bits per heavy atom. The quantitative estimate of drug-likeness (QED) is 0.283. The van der Waals surface area contributed by atoms with E-state index in [1.165, 1.54) is 19.1 Å². The van der Waals surface area contributed by atoms with E-state index in [0.29, 0.717) is 28.4 Å². The van der Waals surface area contributed by atoms with Crippen molar-refractivity contribution in [3.63, 3.8) is 0 Å². The Morgan fingerprint density at radius 1 is 1.03 bits per heavy atom. The maximum atomic E-state index is 13.3. The summed E-state index contributed by atoms with van der Waals surface area (Å²) in [5, 5.41) is 11.3. The summed E-state index contributed by atoms with van der Waals surface area (Å²) in [4.78, 5) is 32.1. The van der Waals surface area contributed by atoms with Crippen LogP contribution in [0.1, 0.15) is 36.6 Å². The van der Waals surface area contributed by atoms with Gasteiger partial charge in [0.25, 0.3) is 11.7 Å². The third-order valence-corrected chi connectivity index (χ3v) is 5.84. The predicted octanol–water partition coefficient (Wildman–Crippen LogP) is 4.51. The number of ketones is 1. The number of likely N-dealkylation sites (tertiary alicyclic amines) is 1. The van der Waals surface area contributed by atoms with Gasteiger partial charge in [0, 0.05) is 24.5 Å². The minimum atomic E-state index is -0.850. The molecule has 2 aromatic carbocycles. The largest absolute Gasteiger partial charge is 0.507 e. The van der Waals surface area contributed by atoms with Gasteiger partial charge in [0.1, 0.15) is 11.5 Å². The lowest BCUT2D eigenvalue weighted by Gasteiger charge is -2.26. The predicted molar refractivity (Wildman–Crippen MR) is 134 cm³/mol. The van der Waals surface area contributed by atoms with Crippen LogP contribution in [0.2, 0.25) is 0 Å². The Hall–Kier alpha value is -4.33. The number of aromatic nitrogens is 1. The van der Waals surface area contributed by atoms with Gasteiger partial charge in [0.2, 0.25) is 0 Å². The van der Waals surface area contributed by atoms with E-state index >= 15 is 0 Å². The molecule has 186 valence electrons. The minimum Gasteiger partial charge on any atom is -0.507 e. The first kappa shape index (κ1) is 24.8. The van der Waals surface area contributed by atoms with E-state index in [1.54, 1.807) is 60.9 Å². The fraction of sp³-hybridized carbons (Fsp3) is 0.250. The number of aliphatic hydroxyl groups excluding tert-OH is 1. The zero-order valence-electron chi connectivity index (χ0n) is 20.6. The van der Waals surface area contributed by atoms with Gasteiger partial charge in [0.05, 0.1) is 31.9 Å². The number of hydrogen-bond donors (Lipinski definition) is 1. The number of hydrogen-bond acceptors (Lipinski definition) is 7. The average molecular weight is 489 g/mol. The van der Waals surface area contributed by atoms with E-state index in [9.17, 15) is 14.7 Å². The molecule has 1 aromatic heterocycles. The number of carbonyl (C=O) groups is 2. The van der Waals surface area contributed by atoms with Crippen LogP contribution in [-0.4, -0.2) is 47.0 Å². The normalized spacial score (nSPS) is 16.9. The Balaban J connectivity index is 1.84. The molecule has 0 aliphatic carbocycles. The third kappa shape index (κ3) is 4.88. The lowest BCUT2D eigenvalue weighted by atomic mass is 9.94. The number of methoxy groups -OCH3 is 2. The topological polar surface area (TPSA) is 98.2 Å². The monoisotopic (exact) mass is 488 g/mol. The Morgan fingerprint density at radius 2 is 1.75 bits per heavy atom. The van der Waals surface area contributed by atoms with Gasteiger partial charge in [-0.2, -0.15) is 0 Å². The van der Waals surface area contributed by atoms with Crippen LogP contribution in [0, 0.1) is 0 Å². The van der Waals surface area contributed by atoms with Crippen LogP contribution in [0.4, 0.5) is 0 Å². The number of pyridine rings is 1. The summed E-state index contributed by atoms with van der Waals surface area (Å²) < 4.78 is 16.5. The molecule has 1 amide bonds. The number of nitrogens with zero attached hydrogens (tertiary/aromatic N) is 2. The van der Waals surface area contributed by atoms with Gasteiger partial charge < -0.3 is 24.2 Å². The van der Waals surface area contributed by atoms with Crippen LogP contribution in [0.3, 0.4) is 0 Å². The standard InChI is InChI=1S/C28H28N2O6/c1-17(2)36-21-10-7-19(8-11-21)26(31)24-25(20-9-12-22(34-3)23(14-20)35-4)30(28(33)27(24)32)16-18-6-5-13-29-15-18/h5-15,17,25,31H,16H2,1-4H3/b26-24+. The minimum absolute atomic E-state index is 0.00589. The van der Waals surface area contributed by atoms with Gasteiger partial charge in [-0.15, -0.1) is 0 Å². The smallest absolute Gasteiger partial charge is 0.295 e. The molecule has 1 aliphatic heterocycles. The molecule has 1 saturated heterocycles. The van der Waals surface area contributed by atoms with Crippen LogP contribution in [0.25, 0.3) is 5.76 Å². The van der Waals surface area contributed by atoms with E-state index < -0.39 is 17.7 Å². The number of carbonyl (C=O) groups excluding carboxylic acids is 2. The summed E-state index contributed by atoms with van der Waals surface area (Å²) in [5.41, 5.74) is 1.74. The number of Topliss-reactive ketones (excluding diaryl/α,β-unsaturated/α-hetero) is 1. The number of rotatable bonds is 8. The van der Waals surface area contributed by atoms with Gasteiger partial charge >= 0.3 is 0 Å². The van der Waals surface area contributed by atoms with Crippen molar-refractivity contribution in [2.24, 2.45) is 0 Å². The van der Waals surface area contributed by atoms with E-state index in [1.807, 2.05) is 19.9 Å². The molecular weight excluding hydrogens is 460 g/mol. The second-order valence-corrected chi connectivity index (χ2v) is 8.59. The molecule has 1 atom stereocenters. The SMILES string of the molecule is COc1ccc(C2/C(=C(\O)c3ccc(OC(C)C)cc3)C(=O)C(=O)N2Cc2cccnc2)cc1OC. The molecule has 0 bridgehead atoms. The Bertz CT molecular complexity index is 1290. The molecule has 0 saturated carbocycles. The highest BCUT2D eigenvalue weighted by atomic mass is 16.5. The van der Waals surface area contributed by atoms with Crippen molar-refractivity contribution in [3.8, 4) is 17.2 Å². The second kappa shape index (κ2) is 10.5. The van der Waals surface area contributed by atoms with Gasteiger partial charge in [-0.3, -0.25) is 14.6 Å². The number of aliphatic hydroxyl groups is 1. The van der Waals surface area contributed by atoms with Crippen molar-refractivity contribution in [3.05, 3.63) is 89.3 Å². The van der Waals surface area contributed by atoms with Crippen molar-refractivity contribution < 1.29 is 28.9 Å². The molecule has 0 spiro atoms. The summed E-state index contributed by atoms with van der Waals surface area (Å²) in [6, 6.07) is 14.6. The van der Waals surface area contributed by atoms with Crippen molar-refractivity contribution in [2.75, 3.05) is 14.2 Å². The fourth-order valence-corrected chi connectivity index (χ4v) is 4.22. The zero-order chi connectivity index (χ0) is 25.8. The molecule has 8 nitrogen and oxygen atoms in total. The second-order valence-electron chi connectivity index (χ2n) is 8.59. The van der Waals surface area contributed by atoms with E-state index in [2.05, 4.69) is 4.98 Å². The first-order valence-electron chi connectivity index (χ1n) is 11.5. The Kier molecular flexibility index (Phi) is 7.24. The molecule has 36 heavy (non-hydrogen) atoms. The van der Waals surface area contributed by atoms with Crippen molar-refractivity contribution in [1.29, 1.82) is 0 Å². The highest BCUT2D eigenvalue weighted by Crippen LogP contribution is 2.42. The first-order valence-corrected chi connectivity index (χ1v) is 11.5. The maximum absolute atomic E-state index is 13.3. The third-order valence-electron chi connectivity index (χ3n) is 5.84. The molecule has 4 rings (SSSR count). The average Bonchev–Trinajstić information content (AvgIpc) is 3.13. The summed E-state index contributed by atoms with van der Waals surface area (Å²) in [7, 11) is 3.04. The van der Waals surface area contributed by atoms with Crippen molar-refractivity contribution >= 4 is 17.4 Å². The van der Waals surface area contributed by atoms with Crippen LogP contribution < -0.4 is 14.2 Å². The molecule has 2 heterocycles. The summed E-state index contributed by atoms with van der Waals surface area (Å²) >= 11 is 0. The van der Waals surface area contributed by atoms with Gasteiger partial charge in [-0.05, 0) is 67.4 Å². The number of ether oxygens (including phenoxy) is 3. The molecule has 1 N–H and O–H groups in total. The van der Waals surface area contributed by atoms with E-state index in [4.69, 9.17) is 14.2 Å². The van der Waals surface area contributed by atoms with Gasteiger partial charge in [-0.25, -0.2) is 0 Å². The lowest BCUT2D eigenvalue weighted by Crippen LogP contribution is -2.29. The van der Waals surface area contributed by atoms with Crippen LogP contribution in [-0.2, 0) is 16.1 Å². The fourth-order valence-electron chi connectivity index (χ4n) is 4.22. The molecule has 1 fully saturated rings. The zero-order valence-corrected chi connectivity index (χ0v) is 20.6. The van der Waals surface area contributed by atoms with Crippen molar-refractivity contribution in [1.82, 2.24) is 9.88 Å². The highest BCUT2D eigenvalue weighted by molar-refractivity contribution is 6.46. The maximum Gasteiger partial charge on any atom is 0.295 e. The molecule has 3 aromatic rings. The molecule has 1 aliphatic rings.